The average molecular weight is 407 g/mol. The van der Waals surface area contributed by atoms with E-state index in [2.05, 4.69) is 9.97 Å². The Morgan fingerprint density at radius 1 is 1.43 bits per heavy atom. The van der Waals surface area contributed by atoms with Crippen LogP contribution in [0.2, 0.25) is 0 Å². The van der Waals surface area contributed by atoms with Crippen LogP contribution in [0.25, 0.3) is 5.76 Å². The molecular formula is C17H17N3O7S. The Bertz CT molecular complexity index is 1040. The maximum absolute atomic E-state index is 12.2. The van der Waals surface area contributed by atoms with Crippen LogP contribution in [0.3, 0.4) is 0 Å². The highest BCUT2D eigenvalue weighted by atomic mass is 32.1. The Morgan fingerprint density at radius 3 is 2.89 bits per heavy atom. The Labute approximate surface area is 162 Å². The number of nitrogens with one attached hydrogen (secondary N) is 1. The van der Waals surface area contributed by atoms with Gasteiger partial charge in [0, 0.05) is 24.6 Å². The predicted molar refractivity (Wildman–Crippen MR) is 97.9 cm³/mol. The molecule has 1 aliphatic heterocycles. The van der Waals surface area contributed by atoms with Gasteiger partial charge in [0.15, 0.2) is 22.6 Å². The fraction of sp³-hybridized carbons (Fsp3) is 0.353. The highest BCUT2D eigenvalue weighted by Crippen LogP contribution is 2.30. The van der Waals surface area contributed by atoms with Gasteiger partial charge in [-0.3, -0.25) is 19.1 Å². The van der Waals surface area contributed by atoms with E-state index in [9.17, 15) is 19.2 Å². The lowest BCUT2D eigenvalue weighted by Crippen LogP contribution is -2.41. The van der Waals surface area contributed by atoms with E-state index in [1.54, 1.807) is 13.0 Å². The number of aromatic amines is 1. The SMILES string of the molecule is CCOC(=O)c1csc(C2=C[C@@H](n3ccc(=O)[nH]c3=O)[C@H](OC(C)=O)CO2)n1. The van der Waals surface area contributed by atoms with Crippen molar-refractivity contribution in [3.8, 4) is 0 Å². The van der Waals surface area contributed by atoms with E-state index < -0.39 is 35.3 Å². The summed E-state index contributed by atoms with van der Waals surface area (Å²) >= 11 is 1.17. The maximum atomic E-state index is 12.2. The standard InChI is InChI=1S/C17H17N3O7S/c1-3-25-16(23)10-8-28-15(18-10)12-6-11(13(7-26-12)27-9(2)21)20-5-4-14(22)19-17(20)24/h4-6,8,11,13H,3,7H2,1-2H3,(H,19,22,24)/t11-,13-/m1/s1. The van der Waals surface area contributed by atoms with E-state index in [0.717, 1.165) is 0 Å². The predicted octanol–water partition coefficient (Wildman–Crippen LogP) is 0.714. The second kappa shape index (κ2) is 8.21. The number of aromatic nitrogens is 3. The number of carbonyl (C=O) groups is 2. The van der Waals surface area contributed by atoms with E-state index >= 15 is 0 Å². The Morgan fingerprint density at radius 2 is 2.21 bits per heavy atom. The molecule has 0 aromatic carbocycles. The van der Waals surface area contributed by atoms with Crippen LogP contribution >= 0.6 is 11.3 Å². The van der Waals surface area contributed by atoms with Crippen LogP contribution in [0.5, 0.6) is 0 Å². The van der Waals surface area contributed by atoms with Gasteiger partial charge in [-0.15, -0.1) is 11.3 Å². The first-order valence-electron chi connectivity index (χ1n) is 8.35. The minimum Gasteiger partial charge on any atom is -0.487 e. The summed E-state index contributed by atoms with van der Waals surface area (Å²) in [5.41, 5.74) is -1.05. The largest absolute Gasteiger partial charge is 0.487 e. The van der Waals surface area contributed by atoms with Gasteiger partial charge >= 0.3 is 17.6 Å². The zero-order valence-corrected chi connectivity index (χ0v) is 15.9. The minimum atomic E-state index is -0.783. The van der Waals surface area contributed by atoms with Crippen molar-refractivity contribution < 1.29 is 23.8 Å². The fourth-order valence-electron chi connectivity index (χ4n) is 2.64. The van der Waals surface area contributed by atoms with Crippen molar-refractivity contribution in [2.24, 2.45) is 0 Å². The molecule has 0 saturated carbocycles. The van der Waals surface area contributed by atoms with Crippen LogP contribution in [0.1, 0.15) is 35.4 Å². The number of carbonyl (C=O) groups excluding carboxylic acids is 2. The number of esters is 2. The number of hydrogen-bond donors (Lipinski definition) is 1. The van der Waals surface area contributed by atoms with Crippen molar-refractivity contribution in [1.82, 2.24) is 14.5 Å². The Hall–Kier alpha value is -3.21. The number of rotatable bonds is 5. The van der Waals surface area contributed by atoms with Crippen molar-refractivity contribution in [1.29, 1.82) is 0 Å². The maximum Gasteiger partial charge on any atom is 0.357 e. The molecule has 2 aromatic heterocycles. The van der Waals surface area contributed by atoms with Crippen molar-refractivity contribution in [3.05, 3.63) is 55.3 Å². The first-order chi connectivity index (χ1) is 13.4. The molecule has 0 spiro atoms. The lowest BCUT2D eigenvalue weighted by atomic mass is 10.1. The average Bonchev–Trinajstić information content (AvgIpc) is 3.12. The molecule has 11 heteroatoms. The molecule has 0 amide bonds. The zero-order valence-electron chi connectivity index (χ0n) is 15.0. The summed E-state index contributed by atoms with van der Waals surface area (Å²) in [4.78, 5) is 53.1. The second-order valence-electron chi connectivity index (χ2n) is 5.76. The molecular weight excluding hydrogens is 390 g/mol. The van der Waals surface area contributed by atoms with Gasteiger partial charge in [-0.1, -0.05) is 0 Å². The molecule has 2 atom stereocenters. The van der Waals surface area contributed by atoms with E-state index in [4.69, 9.17) is 14.2 Å². The van der Waals surface area contributed by atoms with Gasteiger partial charge in [0.25, 0.3) is 5.56 Å². The van der Waals surface area contributed by atoms with Crippen LogP contribution in [0, 0.1) is 0 Å². The lowest BCUT2D eigenvalue weighted by molar-refractivity contribution is -0.150. The summed E-state index contributed by atoms with van der Waals surface area (Å²) < 4.78 is 17.0. The van der Waals surface area contributed by atoms with Gasteiger partial charge in [0.05, 0.1) is 6.61 Å². The van der Waals surface area contributed by atoms with E-state index in [1.807, 2.05) is 0 Å². The molecule has 0 saturated heterocycles. The van der Waals surface area contributed by atoms with Crippen molar-refractivity contribution in [2.45, 2.75) is 26.0 Å². The topological polar surface area (TPSA) is 130 Å². The summed E-state index contributed by atoms with van der Waals surface area (Å²) in [7, 11) is 0. The quantitative estimate of drug-likeness (QED) is 0.718. The van der Waals surface area contributed by atoms with Crippen molar-refractivity contribution in [3.63, 3.8) is 0 Å². The molecule has 148 valence electrons. The first-order valence-corrected chi connectivity index (χ1v) is 9.23. The van der Waals surface area contributed by atoms with Gasteiger partial charge in [0.1, 0.15) is 12.6 Å². The number of ether oxygens (including phenoxy) is 3. The van der Waals surface area contributed by atoms with Gasteiger partial charge in [-0.2, -0.15) is 0 Å². The minimum absolute atomic E-state index is 0.0318. The third kappa shape index (κ3) is 4.19. The molecule has 2 aromatic rings. The van der Waals surface area contributed by atoms with Crippen LogP contribution < -0.4 is 11.2 Å². The molecule has 0 bridgehead atoms. The number of thiazole rings is 1. The molecule has 0 unspecified atom stereocenters. The molecule has 3 heterocycles. The fourth-order valence-corrected chi connectivity index (χ4v) is 3.40. The Kier molecular flexibility index (Phi) is 5.73. The highest BCUT2D eigenvalue weighted by molar-refractivity contribution is 7.10. The van der Waals surface area contributed by atoms with Crippen LogP contribution in [-0.4, -0.2) is 45.8 Å². The second-order valence-corrected chi connectivity index (χ2v) is 6.61. The molecule has 1 aliphatic rings. The summed E-state index contributed by atoms with van der Waals surface area (Å²) in [6, 6.07) is 0.462. The van der Waals surface area contributed by atoms with Crippen LogP contribution in [-0.2, 0) is 19.0 Å². The lowest BCUT2D eigenvalue weighted by Gasteiger charge is -2.30. The molecule has 0 fully saturated rings. The monoisotopic (exact) mass is 407 g/mol. The van der Waals surface area contributed by atoms with Crippen LogP contribution in [0.4, 0.5) is 0 Å². The number of nitrogens with zero attached hydrogens (tertiary/aromatic N) is 2. The zero-order chi connectivity index (χ0) is 20.3. The summed E-state index contributed by atoms with van der Waals surface area (Å²) in [6.45, 7) is 3.14. The number of hydrogen-bond acceptors (Lipinski definition) is 9. The summed E-state index contributed by atoms with van der Waals surface area (Å²) in [5, 5.41) is 1.95. The first kappa shape index (κ1) is 19.5. The molecule has 3 rings (SSSR count). The van der Waals surface area contributed by atoms with E-state index in [0.29, 0.717) is 10.8 Å². The smallest absolute Gasteiger partial charge is 0.357 e. The highest BCUT2D eigenvalue weighted by Gasteiger charge is 2.32. The van der Waals surface area contributed by atoms with Gasteiger partial charge in [-0.25, -0.2) is 14.6 Å². The third-order valence-corrected chi connectivity index (χ3v) is 4.65. The molecule has 0 aliphatic carbocycles. The van der Waals surface area contributed by atoms with Gasteiger partial charge in [0.2, 0.25) is 0 Å². The van der Waals surface area contributed by atoms with Gasteiger partial charge in [-0.05, 0) is 13.0 Å². The van der Waals surface area contributed by atoms with E-state index in [1.165, 1.54) is 40.5 Å². The Balaban J connectivity index is 1.98. The summed E-state index contributed by atoms with van der Waals surface area (Å²) in [5.74, 6) is -0.758. The van der Waals surface area contributed by atoms with Crippen molar-refractivity contribution in [2.75, 3.05) is 13.2 Å². The van der Waals surface area contributed by atoms with Crippen LogP contribution in [0.15, 0.2) is 33.3 Å². The molecule has 1 N–H and O–H groups in total. The van der Waals surface area contributed by atoms with Gasteiger partial charge < -0.3 is 14.2 Å². The molecule has 28 heavy (non-hydrogen) atoms. The molecule has 10 nitrogen and oxygen atoms in total. The molecule has 0 radical (unpaired) electrons. The summed E-state index contributed by atoms with van der Waals surface area (Å²) in [6.07, 6.45) is 2.09. The normalized spacial score (nSPS) is 18.7. The third-order valence-electron chi connectivity index (χ3n) is 3.80. The number of H-pyrrole nitrogens is 1. The van der Waals surface area contributed by atoms with Crippen molar-refractivity contribution >= 4 is 29.0 Å². The van der Waals surface area contributed by atoms with E-state index in [-0.39, 0.29) is 18.9 Å².